The molecule has 3 heteroatoms. The fourth-order valence-electron chi connectivity index (χ4n) is 6.43. The number of rotatable bonds is 23. The van der Waals surface area contributed by atoms with Gasteiger partial charge in [-0.15, -0.1) is 80.7 Å². The first-order chi connectivity index (χ1) is 24.1. The zero-order valence-corrected chi connectivity index (χ0v) is 37.2. The van der Waals surface area contributed by atoms with E-state index in [0.29, 0.717) is 0 Å². The standard InChI is InChI=1S/2C21H32P.C5H8.Zr/c2*1-3-5-7-11-15-22(16-12-8-6-4-2)21-17-19-13-9-10-14-20(19)18-21;1-3-5-4-2;/h2*9-10,13-14,17-18H,3-8,11-12,15-16H2,1-2H3;3-5H,1H2,2H3;/q2*-1;;+2/b;;5-4+;. The summed E-state index contributed by atoms with van der Waals surface area (Å²) in [6.07, 6.45) is 33.7. The summed E-state index contributed by atoms with van der Waals surface area (Å²) in [5, 5.41) is 9.06. The Kier molecular flexibility index (Phi) is 29.5. The van der Waals surface area contributed by atoms with Crippen molar-refractivity contribution in [3.8, 4) is 0 Å². The normalized spacial score (nSPS) is 11.1. The Hall–Kier alpha value is -1.12. The molecule has 0 N–H and O–H groups in total. The summed E-state index contributed by atoms with van der Waals surface area (Å²) < 4.78 is 0. The van der Waals surface area contributed by atoms with Crippen LogP contribution in [0.1, 0.15) is 137 Å². The zero-order valence-electron chi connectivity index (χ0n) is 32.9. The summed E-state index contributed by atoms with van der Waals surface area (Å²) in [5.74, 6) is 0. The topological polar surface area (TPSA) is 0 Å². The molecule has 0 saturated carbocycles. The third kappa shape index (κ3) is 19.6. The Labute approximate surface area is 331 Å². The van der Waals surface area contributed by atoms with Gasteiger partial charge in [0.25, 0.3) is 0 Å². The van der Waals surface area contributed by atoms with Crippen LogP contribution >= 0.6 is 15.8 Å². The predicted molar refractivity (Wildman–Crippen MR) is 233 cm³/mol. The van der Waals surface area contributed by atoms with Crippen molar-refractivity contribution in [3.05, 3.63) is 97.6 Å². The summed E-state index contributed by atoms with van der Waals surface area (Å²) in [6, 6.07) is 27.6. The van der Waals surface area contributed by atoms with Gasteiger partial charge in [-0.1, -0.05) is 158 Å². The molecule has 0 atom stereocenters. The van der Waals surface area contributed by atoms with Gasteiger partial charge in [0.15, 0.2) is 0 Å². The molecule has 274 valence electrons. The first-order valence-electron chi connectivity index (χ1n) is 20.2. The van der Waals surface area contributed by atoms with Crippen LogP contribution in [0.5, 0.6) is 0 Å². The van der Waals surface area contributed by atoms with Crippen LogP contribution in [0.25, 0.3) is 21.5 Å². The Bertz CT molecular complexity index is 1190. The Morgan fingerprint density at radius 2 is 0.860 bits per heavy atom. The van der Waals surface area contributed by atoms with E-state index in [0.717, 1.165) is 0 Å². The molecule has 50 heavy (non-hydrogen) atoms. The molecule has 0 spiro atoms. The monoisotopic (exact) mass is 788 g/mol. The van der Waals surface area contributed by atoms with E-state index in [9.17, 15) is 0 Å². The Balaban J connectivity index is 0.000000433. The summed E-state index contributed by atoms with van der Waals surface area (Å²) in [5.41, 5.74) is 0. The molecule has 4 aromatic rings. The van der Waals surface area contributed by atoms with E-state index >= 15 is 0 Å². The molecule has 0 aliphatic heterocycles. The molecule has 0 bridgehead atoms. The minimum absolute atomic E-state index is 0. The minimum atomic E-state index is 0. The zero-order chi connectivity index (χ0) is 35.4. The van der Waals surface area contributed by atoms with Crippen LogP contribution in [-0.2, 0) is 26.2 Å². The van der Waals surface area contributed by atoms with Crippen molar-refractivity contribution in [1.82, 2.24) is 0 Å². The van der Waals surface area contributed by atoms with E-state index < -0.39 is 0 Å². The minimum Gasteiger partial charge on any atom is -0.161 e. The molecule has 0 aliphatic rings. The molecule has 0 fully saturated rings. The summed E-state index contributed by atoms with van der Waals surface area (Å²) in [7, 11) is 0.128. The quantitative estimate of drug-likeness (QED) is 0.0304. The van der Waals surface area contributed by atoms with Gasteiger partial charge in [0.05, 0.1) is 0 Å². The second-order valence-corrected chi connectivity index (χ2v) is 18.6. The molecule has 0 saturated heterocycles. The Morgan fingerprint density at radius 3 is 1.12 bits per heavy atom. The van der Waals surface area contributed by atoms with Crippen LogP contribution in [0.3, 0.4) is 0 Å². The average Bonchev–Trinajstić information content (AvgIpc) is 3.76. The number of fused-ring (bicyclic) bond motifs is 2. The van der Waals surface area contributed by atoms with Crippen molar-refractivity contribution in [2.45, 2.75) is 137 Å². The molecule has 0 aliphatic carbocycles. The van der Waals surface area contributed by atoms with Gasteiger partial charge in [-0.25, -0.2) is 0 Å². The average molecular weight is 790 g/mol. The molecular formula is C47H72P2Zr. The number of benzene rings is 2. The number of hydrogen-bond acceptors (Lipinski definition) is 0. The molecule has 0 nitrogen and oxygen atoms in total. The second kappa shape index (κ2) is 31.4. The van der Waals surface area contributed by atoms with Gasteiger partial charge >= 0.3 is 26.2 Å². The van der Waals surface area contributed by atoms with Crippen molar-refractivity contribution in [2.24, 2.45) is 0 Å². The van der Waals surface area contributed by atoms with Crippen molar-refractivity contribution >= 4 is 48.0 Å². The fraction of sp³-hybridized carbons (Fsp3) is 0.532. The maximum absolute atomic E-state index is 3.46. The number of unbranched alkanes of at least 4 members (excludes halogenated alkanes) is 12. The van der Waals surface area contributed by atoms with Crippen LogP contribution in [0.15, 0.2) is 97.6 Å². The predicted octanol–water partition coefficient (Wildman–Crippen LogP) is 15.4. The maximum Gasteiger partial charge on any atom is 2.00 e. The Morgan fingerprint density at radius 1 is 0.520 bits per heavy atom. The molecule has 4 rings (SSSR count). The van der Waals surface area contributed by atoms with E-state index in [1.165, 1.54) is 149 Å². The van der Waals surface area contributed by atoms with E-state index in [-0.39, 0.29) is 42.0 Å². The van der Waals surface area contributed by atoms with Crippen LogP contribution in [0.2, 0.25) is 0 Å². The van der Waals surface area contributed by atoms with Gasteiger partial charge in [0.1, 0.15) is 0 Å². The number of hydrogen-bond donors (Lipinski definition) is 0. The van der Waals surface area contributed by atoms with Crippen molar-refractivity contribution < 1.29 is 26.2 Å². The third-order valence-electron chi connectivity index (χ3n) is 9.39. The summed E-state index contributed by atoms with van der Waals surface area (Å²) >= 11 is 0. The van der Waals surface area contributed by atoms with E-state index in [1.54, 1.807) is 16.7 Å². The summed E-state index contributed by atoms with van der Waals surface area (Å²) in [6.45, 7) is 14.6. The first kappa shape index (κ1) is 46.9. The molecule has 4 aromatic carbocycles. The third-order valence-corrected chi connectivity index (χ3v) is 14.8. The van der Waals surface area contributed by atoms with Gasteiger partial charge in [-0.2, -0.15) is 12.1 Å². The van der Waals surface area contributed by atoms with Crippen LogP contribution in [0.4, 0.5) is 0 Å². The summed E-state index contributed by atoms with van der Waals surface area (Å²) in [4.78, 5) is 0. The molecule has 0 heterocycles. The fourth-order valence-corrected chi connectivity index (χ4v) is 11.6. The maximum atomic E-state index is 3.46. The molecule has 0 radical (unpaired) electrons. The van der Waals surface area contributed by atoms with Gasteiger partial charge in [-0.05, 0) is 57.3 Å². The first-order valence-corrected chi connectivity index (χ1v) is 23.6. The molecule has 0 unspecified atom stereocenters. The van der Waals surface area contributed by atoms with E-state index in [4.69, 9.17) is 0 Å². The van der Waals surface area contributed by atoms with Crippen molar-refractivity contribution in [2.75, 3.05) is 24.6 Å². The largest absolute Gasteiger partial charge is 2.00 e. The van der Waals surface area contributed by atoms with Crippen LogP contribution < -0.4 is 10.6 Å². The SMILES string of the molecule is C=C/C=C/C.CCCCCCP(CCCCCC)c1cc2ccccc2[cH-]1.CCCCCCP(CCCCCC)c1cc2ccccc2[cH-]1.[Zr+2]. The van der Waals surface area contributed by atoms with E-state index in [2.05, 4.69) is 107 Å². The van der Waals surface area contributed by atoms with Gasteiger partial charge in [0.2, 0.25) is 0 Å². The smallest absolute Gasteiger partial charge is 0.161 e. The van der Waals surface area contributed by atoms with Gasteiger partial charge in [0, 0.05) is 0 Å². The van der Waals surface area contributed by atoms with E-state index in [1.807, 2.05) is 19.1 Å². The van der Waals surface area contributed by atoms with Crippen molar-refractivity contribution in [1.29, 1.82) is 0 Å². The van der Waals surface area contributed by atoms with Gasteiger partial charge < -0.3 is 0 Å². The van der Waals surface area contributed by atoms with Crippen LogP contribution in [0, 0.1) is 0 Å². The molecule has 0 amide bonds. The molecular weight excluding hydrogens is 718 g/mol. The second-order valence-electron chi connectivity index (χ2n) is 13.7. The number of allylic oxidation sites excluding steroid dienone is 3. The van der Waals surface area contributed by atoms with Gasteiger partial charge in [-0.3, -0.25) is 0 Å². The van der Waals surface area contributed by atoms with Crippen LogP contribution in [-0.4, -0.2) is 24.6 Å². The van der Waals surface area contributed by atoms with Crippen molar-refractivity contribution in [3.63, 3.8) is 0 Å². The molecule has 0 aromatic heterocycles.